The Bertz CT molecular complexity index is 705. The van der Waals surface area contributed by atoms with Crippen LogP contribution in [-0.4, -0.2) is 41.0 Å². The number of nitrogens with zero attached hydrogens (tertiary/aromatic N) is 2. The smallest absolute Gasteiger partial charge is 0.328 e. The summed E-state index contributed by atoms with van der Waals surface area (Å²) in [5.74, 6) is -0.435. The van der Waals surface area contributed by atoms with Crippen LogP contribution < -0.4 is 0 Å². The van der Waals surface area contributed by atoms with E-state index in [1.807, 2.05) is 42.1 Å². The Morgan fingerprint density at radius 2 is 2.10 bits per heavy atom. The van der Waals surface area contributed by atoms with Gasteiger partial charge in [0.2, 0.25) is 0 Å². The largest absolute Gasteiger partial charge is 0.467 e. The fourth-order valence-corrected chi connectivity index (χ4v) is 3.07. The molecular weight excluding hydrogens is 268 g/mol. The minimum absolute atomic E-state index is 0.102. The van der Waals surface area contributed by atoms with E-state index in [9.17, 15) is 9.59 Å². The van der Waals surface area contributed by atoms with Crippen molar-refractivity contribution in [2.75, 3.05) is 13.7 Å². The van der Waals surface area contributed by atoms with Gasteiger partial charge in [-0.15, -0.1) is 0 Å². The molecule has 1 aliphatic rings. The average molecular weight is 286 g/mol. The summed E-state index contributed by atoms with van der Waals surface area (Å²) in [4.78, 5) is 26.3. The first kappa shape index (κ1) is 13.7. The lowest BCUT2D eigenvalue weighted by molar-refractivity contribution is -0.145. The van der Waals surface area contributed by atoms with Gasteiger partial charge in [-0.1, -0.05) is 12.1 Å². The average Bonchev–Trinajstić information content (AvgIpc) is 3.13. The lowest BCUT2D eigenvalue weighted by Crippen LogP contribution is -2.41. The second-order valence-corrected chi connectivity index (χ2v) is 5.35. The van der Waals surface area contributed by atoms with Crippen molar-refractivity contribution >= 4 is 22.8 Å². The molecule has 0 bridgehead atoms. The first-order chi connectivity index (χ1) is 10.1. The minimum atomic E-state index is -0.460. The van der Waals surface area contributed by atoms with E-state index in [0.717, 1.165) is 17.3 Å². The van der Waals surface area contributed by atoms with E-state index in [1.54, 1.807) is 4.90 Å². The standard InChI is InChI=1S/C16H18N2O3/c1-17-10-8-11-5-3-6-12(14(11)17)15(19)18-9-4-7-13(18)16(20)21-2/h3,5-6,8,10,13H,4,7,9H2,1-2H3. The maximum absolute atomic E-state index is 12.8. The number of rotatable bonds is 2. The first-order valence-electron chi connectivity index (χ1n) is 7.06. The summed E-state index contributed by atoms with van der Waals surface area (Å²) < 4.78 is 6.74. The van der Waals surface area contributed by atoms with Gasteiger partial charge in [0.1, 0.15) is 6.04 Å². The van der Waals surface area contributed by atoms with E-state index in [0.29, 0.717) is 18.5 Å². The van der Waals surface area contributed by atoms with E-state index in [2.05, 4.69) is 0 Å². The van der Waals surface area contributed by atoms with Crippen LogP contribution >= 0.6 is 0 Å². The Hall–Kier alpha value is -2.30. The van der Waals surface area contributed by atoms with Crippen molar-refractivity contribution in [3.63, 3.8) is 0 Å². The lowest BCUT2D eigenvalue weighted by atomic mass is 10.1. The van der Waals surface area contributed by atoms with Gasteiger partial charge in [0.15, 0.2) is 0 Å². The van der Waals surface area contributed by atoms with Crippen LogP contribution in [0.3, 0.4) is 0 Å². The molecule has 1 amide bonds. The van der Waals surface area contributed by atoms with Crippen LogP contribution in [0.4, 0.5) is 0 Å². The molecule has 1 unspecified atom stereocenters. The fraction of sp³-hybridized carbons (Fsp3) is 0.375. The number of carbonyl (C=O) groups is 2. The Labute approximate surface area is 123 Å². The summed E-state index contributed by atoms with van der Waals surface area (Å²) in [6.45, 7) is 0.597. The topological polar surface area (TPSA) is 51.5 Å². The Morgan fingerprint density at radius 3 is 2.86 bits per heavy atom. The van der Waals surface area contributed by atoms with Gasteiger partial charge in [-0.3, -0.25) is 4.79 Å². The number of para-hydroxylation sites is 1. The highest BCUT2D eigenvalue weighted by Crippen LogP contribution is 2.25. The molecule has 1 atom stereocenters. The van der Waals surface area contributed by atoms with Crippen LogP contribution in [0.2, 0.25) is 0 Å². The number of esters is 1. The number of amides is 1. The van der Waals surface area contributed by atoms with Gasteiger partial charge in [-0.2, -0.15) is 0 Å². The molecule has 1 saturated heterocycles. The van der Waals surface area contributed by atoms with Gasteiger partial charge in [0, 0.05) is 25.2 Å². The number of ether oxygens (including phenoxy) is 1. The molecule has 5 heteroatoms. The van der Waals surface area contributed by atoms with Crippen molar-refractivity contribution in [3.8, 4) is 0 Å². The second-order valence-electron chi connectivity index (χ2n) is 5.35. The van der Waals surface area contributed by atoms with Gasteiger partial charge in [-0.05, 0) is 25.0 Å². The van der Waals surface area contributed by atoms with Crippen LogP contribution in [0.1, 0.15) is 23.2 Å². The number of likely N-dealkylation sites (tertiary alicyclic amines) is 1. The second kappa shape index (κ2) is 5.24. The third kappa shape index (κ3) is 2.18. The van der Waals surface area contributed by atoms with E-state index in [-0.39, 0.29) is 11.9 Å². The molecule has 1 aromatic heterocycles. The summed E-state index contributed by atoms with van der Waals surface area (Å²) in [6.07, 6.45) is 3.43. The first-order valence-corrected chi connectivity index (χ1v) is 7.06. The van der Waals surface area contributed by atoms with Crippen LogP contribution in [0.25, 0.3) is 10.9 Å². The summed E-state index contributed by atoms with van der Waals surface area (Å²) >= 11 is 0. The Kier molecular flexibility index (Phi) is 3.41. The van der Waals surface area contributed by atoms with Crippen LogP contribution in [0, 0.1) is 0 Å². The molecule has 0 spiro atoms. The van der Waals surface area contributed by atoms with Gasteiger partial charge in [0.25, 0.3) is 5.91 Å². The molecule has 0 aliphatic carbocycles. The minimum Gasteiger partial charge on any atom is -0.467 e. The molecule has 0 N–H and O–H groups in total. The Morgan fingerprint density at radius 1 is 1.29 bits per heavy atom. The van der Waals surface area contributed by atoms with Crippen molar-refractivity contribution in [1.29, 1.82) is 0 Å². The number of aryl methyl sites for hydroxylation is 1. The van der Waals surface area contributed by atoms with E-state index in [4.69, 9.17) is 4.74 Å². The molecule has 1 aliphatic heterocycles. The maximum Gasteiger partial charge on any atom is 0.328 e. The fourth-order valence-electron chi connectivity index (χ4n) is 3.07. The van der Waals surface area contributed by atoms with Crippen molar-refractivity contribution in [2.24, 2.45) is 7.05 Å². The highest BCUT2D eigenvalue weighted by molar-refractivity contribution is 6.07. The van der Waals surface area contributed by atoms with Crippen LogP contribution in [-0.2, 0) is 16.6 Å². The normalized spacial score (nSPS) is 18.2. The summed E-state index contributed by atoms with van der Waals surface area (Å²) in [5, 5.41) is 1.03. The molecule has 2 heterocycles. The number of hydrogen-bond donors (Lipinski definition) is 0. The highest BCUT2D eigenvalue weighted by Gasteiger charge is 2.35. The molecule has 2 aromatic rings. The van der Waals surface area contributed by atoms with Crippen molar-refractivity contribution in [1.82, 2.24) is 9.47 Å². The number of methoxy groups -OCH3 is 1. The summed E-state index contributed by atoms with van der Waals surface area (Å²) in [5.41, 5.74) is 1.54. The quantitative estimate of drug-likeness (QED) is 0.793. The number of aromatic nitrogens is 1. The van der Waals surface area contributed by atoms with Crippen molar-refractivity contribution < 1.29 is 14.3 Å². The molecule has 0 saturated carbocycles. The van der Waals surface area contributed by atoms with Crippen LogP contribution in [0.5, 0.6) is 0 Å². The molecular formula is C16H18N2O3. The molecule has 21 heavy (non-hydrogen) atoms. The number of benzene rings is 1. The number of fused-ring (bicyclic) bond motifs is 1. The zero-order valence-corrected chi connectivity index (χ0v) is 12.2. The number of carbonyl (C=O) groups excluding carboxylic acids is 2. The molecule has 1 fully saturated rings. The van der Waals surface area contributed by atoms with Crippen molar-refractivity contribution in [3.05, 3.63) is 36.0 Å². The number of hydrogen-bond acceptors (Lipinski definition) is 3. The zero-order valence-electron chi connectivity index (χ0n) is 12.2. The van der Waals surface area contributed by atoms with E-state index < -0.39 is 6.04 Å². The molecule has 0 radical (unpaired) electrons. The molecule has 110 valence electrons. The predicted octanol–water partition coefficient (Wildman–Crippen LogP) is 1.96. The van der Waals surface area contributed by atoms with Gasteiger partial charge in [0.05, 0.1) is 18.2 Å². The van der Waals surface area contributed by atoms with E-state index >= 15 is 0 Å². The SMILES string of the molecule is COC(=O)C1CCCN1C(=O)c1cccc2ccn(C)c12. The maximum atomic E-state index is 12.8. The predicted molar refractivity (Wildman–Crippen MR) is 79.0 cm³/mol. The van der Waals surface area contributed by atoms with Gasteiger partial charge < -0.3 is 14.2 Å². The lowest BCUT2D eigenvalue weighted by Gasteiger charge is -2.23. The summed E-state index contributed by atoms with van der Waals surface area (Å²) in [6, 6.07) is 7.19. The van der Waals surface area contributed by atoms with Crippen molar-refractivity contribution in [2.45, 2.75) is 18.9 Å². The zero-order chi connectivity index (χ0) is 15.0. The third-order valence-electron chi connectivity index (χ3n) is 4.11. The van der Waals surface area contributed by atoms with Gasteiger partial charge in [-0.25, -0.2) is 4.79 Å². The third-order valence-corrected chi connectivity index (χ3v) is 4.11. The monoisotopic (exact) mass is 286 g/mol. The Balaban J connectivity index is 2.00. The van der Waals surface area contributed by atoms with Crippen LogP contribution in [0.15, 0.2) is 30.5 Å². The van der Waals surface area contributed by atoms with E-state index in [1.165, 1.54) is 7.11 Å². The molecule has 5 nitrogen and oxygen atoms in total. The highest BCUT2D eigenvalue weighted by atomic mass is 16.5. The summed E-state index contributed by atoms with van der Waals surface area (Å²) in [7, 11) is 3.28. The van der Waals surface area contributed by atoms with Gasteiger partial charge >= 0.3 is 5.97 Å². The molecule has 1 aromatic carbocycles. The molecule has 3 rings (SSSR count).